The quantitative estimate of drug-likeness (QED) is 0.542. The standard InChI is InChI=1S/C22H24N4O4/c1-25-21(28)19(18(27)13-24-12-15-8-10-17(30-2)11-9-15)20(23)26(22(25)29)14-16-6-4-3-5-7-16/h3-11,24H,12-14,23H2,1-2H3. The first-order chi connectivity index (χ1) is 14.4. The van der Waals surface area contributed by atoms with Crippen LogP contribution < -0.4 is 27.0 Å². The van der Waals surface area contributed by atoms with Gasteiger partial charge in [-0.1, -0.05) is 42.5 Å². The highest BCUT2D eigenvalue weighted by Gasteiger charge is 2.21. The van der Waals surface area contributed by atoms with Crippen LogP contribution in [-0.4, -0.2) is 28.6 Å². The monoisotopic (exact) mass is 408 g/mol. The van der Waals surface area contributed by atoms with Gasteiger partial charge in [0, 0.05) is 13.6 Å². The summed E-state index contributed by atoms with van der Waals surface area (Å²) in [5.74, 6) is 0.151. The third-order valence-corrected chi connectivity index (χ3v) is 4.82. The molecule has 8 nitrogen and oxygen atoms in total. The third kappa shape index (κ3) is 4.49. The molecule has 0 aliphatic carbocycles. The van der Waals surface area contributed by atoms with Gasteiger partial charge in [-0.25, -0.2) is 4.79 Å². The van der Waals surface area contributed by atoms with Crippen LogP contribution in [0.15, 0.2) is 64.2 Å². The lowest BCUT2D eigenvalue weighted by atomic mass is 10.1. The number of ether oxygens (including phenoxy) is 1. The minimum absolute atomic E-state index is 0.0883. The first-order valence-corrected chi connectivity index (χ1v) is 9.42. The molecule has 30 heavy (non-hydrogen) atoms. The number of anilines is 1. The van der Waals surface area contributed by atoms with Crippen molar-refractivity contribution in [2.24, 2.45) is 7.05 Å². The number of nitrogens with zero attached hydrogens (tertiary/aromatic N) is 2. The van der Waals surface area contributed by atoms with E-state index < -0.39 is 17.0 Å². The molecule has 3 rings (SSSR count). The lowest BCUT2D eigenvalue weighted by Crippen LogP contribution is -2.43. The summed E-state index contributed by atoms with van der Waals surface area (Å²) in [4.78, 5) is 37.9. The number of hydrogen-bond donors (Lipinski definition) is 2. The summed E-state index contributed by atoms with van der Waals surface area (Å²) in [5, 5.41) is 3.01. The largest absolute Gasteiger partial charge is 0.497 e. The molecule has 1 heterocycles. The highest BCUT2D eigenvalue weighted by Crippen LogP contribution is 2.12. The second-order valence-electron chi connectivity index (χ2n) is 6.85. The molecule has 0 fully saturated rings. The van der Waals surface area contributed by atoms with E-state index in [1.165, 1.54) is 11.6 Å². The van der Waals surface area contributed by atoms with Crippen LogP contribution in [0.2, 0.25) is 0 Å². The van der Waals surface area contributed by atoms with Crippen molar-refractivity contribution in [3.63, 3.8) is 0 Å². The zero-order chi connectivity index (χ0) is 21.7. The number of rotatable bonds is 8. The number of carbonyl (C=O) groups excluding carboxylic acids is 1. The summed E-state index contributed by atoms with van der Waals surface area (Å²) in [6, 6.07) is 16.6. The molecule has 0 saturated heterocycles. The molecule has 0 aliphatic heterocycles. The van der Waals surface area contributed by atoms with Gasteiger partial charge in [0.1, 0.15) is 17.1 Å². The van der Waals surface area contributed by atoms with E-state index in [4.69, 9.17) is 10.5 Å². The number of nitrogens with one attached hydrogen (secondary N) is 1. The summed E-state index contributed by atoms with van der Waals surface area (Å²) in [5.41, 5.74) is 6.45. The van der Waals surface area contributed by atoms with Crippen LogP contribution in [-0.2, 0) is 20.1 Å². The SMILES string of the molecule is COc1ccc(CNCC(=O)c2c(N)n(Cc3ccccc3)c(=O)n(C)c2=O)cc1. The number of ketones is 1. The van der Waals surface area contributed by atoms with Crippen molar-refractivity contribution in [2.75, 3.05) is 19.4 Å². The molecular weight excluding hydrogens is 384 g/mol. The molecule has 3 aromatic rings. The van der Waals surface area contributed by atoms with Crippen molar-refractivity contribution in [3.8, 4) is 5.75 Å². The zero-order valence-corrected chi connectivity index (χ0v) is 16.9. The van der Waals surface area contributed by atoms with Crippen molar-refractivity contribution < 1.29 is 9.53 Å². The second kappa shape index (κ2) is 9.23. The number of Topliss-reactive ketones (excluding diaryl/α,β-unsaturated/α-hetero) is 1. The molecule has 0 radical (unpaired) electrons. The Bertz CT molecular complexity index is 1150. The van der Waals surface area contributed by atoms with Crippen LogP contribution in [0.5, 0.6) is 5.75 Å². The van der Waals surface area contributed by atoms with Gasteiger partial charge < -0.3 is 15.8 Å². The maximum atomic E-state index is 12.8. The average Bonchev–Trinajstić information content (AvgIpc) is 2.76. The van der Waals surface area contributed by atoms with E-state index in [-0.39, 0.29) is 24.5 Å². The average molecular weight is 408 g/mol. The number of benzene rings is 2. The minimum Gasteiger partial charge on any atom is -0.497 e. The molecule has 1 aromatic heterocycles. The predicted molar refractivity (Wildman–Crippen MR) is 115 cm³/mol. The molecule has 2 aromatic carbocycles. The molecule has 0 aliphatic rings. The number of carbonyl (C=O) groups is 1. The Morgan fingerprint density at radius 2 is 1.70 bits per heavy atom. The summed E-state index contributed by atoms with van der Waals surface area (Å²) >= 11 is 0. The highest BCUT2D eigenvalue weighted by atomic mass is 16.5. The fourth-order valence-corrected chi connectivity index (χ4v) is 3.12. The lowest BCUT2D eigenvalue weighted by molar-refractivity contribution is 0.0989. The highest BCUT2D eigenvalue weighted by molar-refractivity contribution is 6.01. The Hall–Kier alpha value is -3.65. The van der Waals surface area contributed by atoms with Crippen LogP contribution in [0, 0.1) is 0 Å². The predicted octanol–water partition coefficient (Wildman–Crippen LogP) is 1.16. The van der Waals surface area contributed by atoms with E-state index in [2.05, 4.69) is 5.32 Å². The lowest BCUT2D eigenvalue weighted by Gasteiger charge is -2.15. The van der Waals surface area contributed by atoms with E-state index in [0.717, 1.165) is 21.4 Å². The van der Waals surface area contributed by atoms with Gasteiger partial charge in [0.05, 0.1) is 20.2 Å². The molecule has 3 N–H and O–H groups in total. The zero-order valence-electron chi connectivity index (χ0n) is 16.9. The van der Waals surface area contributed by atoms with E-state index in [0.29, 0.717) is 6.54 Å². The van der Waals surface area contributed by atoms with Crippen molar-refractivity contribution in [1.82, 2.24) is 14.5 Å². The van der Waals surface area contributed by atoms with Crippen LogP contribution in [0.25, 0.3) is 0 Å². The third-order valence-electron chi connectivity index (χ3n) is 4.82. The van der Waals surface area contributed by atoms with Crippen molar-refractivity contribution in [2.45, 2.75) is 13.1 Å². The van der Waals surface area contributed by atoms with E-state index in [1.54, 1.807) is 7.11 Å². The van der Waals surface area contributed by atoms with Gasteiger partial charge in [-0.3, -0.25) is 18.7 Å². The smallest absolute Gasteiger partial charge is 0.332 e. The molecule has 0 unspecified atom stereocenters. The van der Waals surface area contributed by atoms with Crippen molar-refractivity contribution >= 4 is 11.6 Å². The van der Waals surface area contributed by atoms with Gasteiger partial charge in [-0.05, 0) is 23.3 Å². The molecule has 0 spiro atoms. The topological polar surface area (TPSA) is 108 Å². The number of methoxy groups -OCH3 is 1. The van der Waals surface area contributed by atoms with Crippen LogP contribution in [0.4, 0.5) is 5.82 Å². The van der Waals surface area contributed by atoms with Crippen LogP contribution in [0.3, 0.4) is 0 Å². The van der Waals surface area contributed by atoms with Gasteiger partial charge in [-0.15, -0.1) is 0 Å². The Kier molecular flexibility index (Phi) is 6.48. The van der Waals surface area contributed by atoms with Crippen LogP contribution in [0.1, 0.15) is 21.5 Å². The molecule has 8 heteroatoms. The minimum atomic E-state index is -0.696. The number of aromatic nitrogens is 2. The number of hydrogen-bond acceptors (Lipinski definition) is 6. The van der Waals surface area contributed by atoms with Crippen molar-refractivity contribution in [1.29, 1.82) is 0 Å². The fraction of sp³-hybridized carbons (Fsp3) is 0.227. The molecule has 156 valence electrons. The van der Waals surface area contributed by atoms with Gasteiger partial charge >= 0.3 is 5.69 Å². The molecule has 0 amide bonds. The molecule has 0 bridgehead atoms. The second-order valence-corrected chi connectivity index (χ2v) is 6.85. The van der Waals surface area contributed by atoms with E-state index in [9.17, 15) is 14.4 Å². The fourth-order valence-electron chi connectivity index (χ4n) is 3.12. The normalized spacial score (nSPS) is 10.7. The Balaban J connectivity index is 1.80. The molecule has 0 saturated carbocycles. The van der Waals surface area contributed by atoms with Gasteiger partial charge in [0.25, 0.3) is 5.56 Å². The summed E-state index contributed by atoms with van der Waals surface area (Å²) in [6.45, 7) is 0.508. The van der Waals surface area contributed by atoms with Gasteiger partial charge in [-0.2, -0.15) is 0 Å². The van der Waals surface area contributed by atoms with Crippen molar-refractivity contribution in [3.05, 3.63) is 92.1 Å². The molecule has 0 atom stereocenters. The van der Waals surface area contributed by atoms with Gasteiger partial charge in [0.2, 0.25) is 0 Å². The van der Waals surface area contributed by atoms with Gasteiger partial charge in [0.15, 0.2) is 5.78 Å². The number of nitrogens with two attached hydrogens (primary N) is 1. The Labute approximate surface area is 173 Å². The number of nitrogen functional groups attached to an aromatic ring is 1. The maximum absolute atomic E-state index is 12.8. The van der Waals surface area contributed by atoms with E-state index in [1.807, 2.05) is 54.6 Å². The van der Waals surface area contributed by atoms with E-state index >= 15 is 0 Å². The first-order valence-electron chi connectivity index (χ1n) is 9.42. The Morgan fingerprint density at radius 3 is 2.33 bits per heavy atom. The summed E-state index contributed by atoms with van der Waals surface area (Å²) in [6.07, 6.45) is 0. The Morgan fingerprint density at radius 1 is 1.03 bits per heavy atom. The molecular formula is C22H24N4O4. The summed E-state index contributed by atoms with van der Waals surface area (Å²) < 4.78 is 7.27. The maximum Gasteiger partial charge on any atom is 0.332 e. The first kappa shape index (κ1) is 21.1. The van der Waals surface area contributed by atoms with Crippen LogP contribution >= 0.6 is 0 Å². The summed E-state index contributed by atoms with van der Waals surface area (Å²) in [7, 11) is 2.93.